The first-order valence-electron chi connectivity index (χ1n) is 12.3. The number of anilines is 4. The highest BCUT2D eigenvalue weighted by Gasteiger charge is 2.17. The molecule has 0 fully saturated rings. The maximum absolute atomic E-state index is 14.1. The number of nitrogens with one attached hydrogen (secondary N) is 3. The van der Waals surface area contributed by atoms with Crippen LogP contribution in [0.15, 0.2) is 70.2 Å². The van der Waals surface area contributed by atoms with E-state index in [1.165, 1.54) is 30.5 Å². The standard InChI is InChI=1S/C26H29BrFN7O5S/c1-35(15-5-8-22(36)37)14-3-2-13-31-41(39,40)18-11-9-17(10-12-18)32-26-30-16-19(27)25(34-26)33-21-7-4-6-20(28)23(21)24(29)38/h4-12,16,31H,2-3,13-15H2,1H3,(H2,29,38)(H,36,37)(H2,30,32,33,34). The van der Waals surface area contributed by atoms with Crippen LogP contribution in [0.5, 0.6) is 0 Å². The molecule has 15 heteroatoms. The molecule has 6 N–H and O–H groups in total. The first-order chi connectivity index (χ1) is 19.5. The van der Waals surface area contributed by atoms with Gasteiger partial charge >= 0.3 is 5.97 Å². The lowest BCUT2D eigenvalue weighted by molar-refractivity contribution is -0.131. The number of amides is 1. The third kappa shape index (κ3) is 9.60. The molecule has 0 bridgehead atoms. The Balaban J connectivity index is 1.57. The molecule has 41 heavy (non-hydrogen) atoms. The fourth-order valence-electron chi connectivity index (χ4n) is 3.59. The number of carboxylic acid groups (broad SMARTS) is 1. The van der Waals surface area contributed by atoms with E-state index >= 15 is 0 Å². The van der Waals surface area contributed by atoms with Crippen molar-refractivity contribution < 1.29 is 27.5 Å². The molecule has 1 heterocycles. The van der Waals surface area contributed by atoms with Gasteiger partial charge in [0.15, 0.2) is 0 Å². The molecule has 1 amide bonds. The van der Waals surface area contributed by atoms with E-state index < -0.39 is 27.7 Å². The summed E-state index contributed by atoms with van der Waals surface area (Å²) in [6, 6.07) is 10.0. The predicted molar refractivity (Wildman–Crippen MR) is 156 cm³/mol. The number of nitrogens with two attached hydrogens (primary N) is 1. The average Bonchev–Trinajstić information content (AvgIpc) is 2.90. The summed E-state index contributed by atoms with van der Waals surface area (Å²) in [5.74, 6) is -2.31. The molecule has 0 saturated carbocycles. The molecule has 0 spiro atoms. The number of halogens is 2. The molecule has 3 aromatic rings. The molecular formula is C26H29BrFN7O5S. The zero-order chi connectivity index (χ0) is 30.0. The van der Waals surface area contributed by atoms with Crippen molar-refractivity contribution in [3.8, 4) is 0 Å². The molecule has 12 nitrogen and oxygen atoms in total. The van der Waals surface area contributed by atoms with Gasteiger partial charge in [-0.1, -0.05) is 12.1 Å². The summed E-state index contributed by atoms with van der Waals surface area (Å²) in [6.07, 6.45) is 5.43. The largest absolute Gasteiger partial charge is 0.478 e. The van der Waals surface area contributed by atoms with Crippen LogP contribution in [-0.4, -0.2) is 67.0 Å². The minimum absolute atomic E-state index is 0.0862. The molecule has 218 valence electrons. The van der Waals surface area contributed by atoms with Crippen molar-refractivity contribution in [2.45, 2.75) is 17.7 Å². The van der Waals surface area contributed by atoms with Gasteiger partial charge in [0, 0.05) is 31.0 Å². The number of likely N-dealkylation sites (N-methyl/N-ethyl adjacent to an activating group) is 1. The second kappa shape index (κ2) is 14.6. The topological polar surface area (TPSA) is 180 Å². The molecule has 2 aromatic carbocycles. The Kier molecular flexibility index (Phi) is 11.3. The minimum Gasteiger partial charge on any atom is -0.478 e. The van der Waals surface area contributed by atoms with Crippen LogP contribution in [0.25, 0.3) is 0 Å². The van der Waals surface area contributed by atoms with Crippen molar-refractivity contribution in [3.05, 3.63) is 76.7 Å². The van der Waals surface area contributed by atoms with E-state index in [2.05, 4.69) is 41.3 Å². The quantitative estimate of drug-likeness (QED) is 0.121. The number of aromatic nitrogens is 2. The Morgan fingerprint density at radius 2 is 1.88 bits per heavy atom. The van der Waals surface area contributed by atoms with Crippen LogP contribution in [0.1, 0.15) is 23.2 Å². The molecule has 0 aliphatic carbocycles. The monoisotopic (exact) mass is 649 g/mol. The van der Waals surface area contributed by atoms with E-state index in [-0.39, 0.29) is 34.5 Å². The van der Waals surface area contributed by atoms with Crippen molar-refractivity contribution in [3.63, 3.8) is 0 Å². The lowest BCUT2D eigenvalue weighted by Gasteiger charge is -2.14. The SMILES string of the molecule is CN(CC=CC(=O)O)CCCCNS(=O)(=O)c1ccc(Nc2ncc(Br)c(Nc3cccc(F)c3C(N)=O)n2)cc1. The van der Waals surface area contributed by atoms with Gasteiger partial charge in [-0.3, -0.25) is 4.79 Å². The number of hydrogen-bond donors (Lipinski definition) is 5. The van der Waals surface area contributed by atoms with Crippen molar-refractivity contribution >= 4 is 61.0 Å². The second-order valence-electron chi connectivity index (χ2n) is 8.80. The fraction of sp³-hybridized carbons (Fsp3) is 0.231. The third-order valence-corrected chi connectivity index (χ3v) is 7.67. The van der Waals surface area contributed by atoms with E-state index in [1.54, 1.807) is 18.2 Å². The molecule has 0 aliphatic heterocycles. The molecule has 0 saturated heterocycles. The van der Waals surface area contributed by atoms with Gasteiger partial charge in [0.05, 0.1) is 20.6 Å². The number of carboxylic acids is 1. The molecule has 0 unspecified atom stereocenters. The summed E-state index contributed by atoms with van der Waals surface area (Å²) in [5.41, 5.74) is 5.65. The van der Waals surface area contributed by atoms with Crippen LogP contribution in [0.2, 0.25) is 0 Å². The van der Waals surface area contributed by atoms with Gasteiger partial charge in [0.2, 0.25) is 16.0 Å². The van der Waals surface area contributed by atoms with Crippen LogP contribution < -0.4 is 21.1 Å². The van der Waals surface area contributed by atoms with E-state index in [9.17, 15) is 22.4 Å². The van der Waals surface area contributed by atoms with Crippen molar-refractivity contribution in [1.82, 2.24) is 19.6 Å². The van der Waals surface area contributed by atoms with E-state index in [0.717, 1.165) is 18.6 Å². The maximum Gasteiger partial charge on any atom is 0.328 e. The number of benzene rings is 2. The zero-order valence-corrected chi connectivity index (χ0v) is 24.4. The van der Waals surface area contributed by atoms with Gasteiger partial charge in [0.1, 0.15) is 11.6 Å². The molecule has 1 aromatic heterocycles. The maximum atomic E-state index is 14.1. The minimum atomic E-state index is -3.72. The average molecular weight is 651 g/mol. The zero-order valence-electron chi connectivity index (χ0n) is 22.0. The first-order valence-corrected chi connectivity index (χ1v) is 14.6. The van der Waals surface area contributed by atoms with Gasteiger partial charge < -0.3 is 26.4 Å². The molecule has 3 rings (SSSR count). The fourth-order valence-corrected chi connectivity index (χ4v) is 4.95. The number of sulfonamides is 1. The van der Waals surface area contributed by atoms with Gasteiger partial charge in [-0.15, -0.1) is 0 Å². The van der Waals surface area contributed by atoms with Crippen LogP contribution >= 0.6 is 15.9 Å². The summed E-state index contributed by atoms with van der Waals surface area (Å²) >= 11 is 3.31. The lowest BCUT2D eigenvalue weighted by Crippen LogP contribution is -2.26. The highest BCUT2D eigenvalue weighted by atomic mass is 79.9. The van der Waals surface area contributed by atoms with Crippen molar-refractivity contribution in [2.75, 3.05) is 37.3 Å². The van der Waals surface area contributed by atoms with Gasteiger partial charge in [0.25, 0.3) is 5.91 Å². The van der Waals surface area contributed by atoms with Gasteiger partial charge in [-0.2, -0.15) is 4.98 Å². The number of carbonyl (C=O) groups is 2. The highest BCUT2D eigenvalue weighted by Crippen LogP contribution is 2.28. The van der Waals surface area contributed by atoms with Gasteiger partial charge in [-0.05, 0) is 78.8 Å². The van der Waals surface area contributed by atoms with Crippen LogP contribution in [-0.2, 0) is 14.8 Å². The Morgan fingerprint density at radius 3 is 2.56 bits per heavy atom. The number of carbonyl (C=O) groups excluding carboxylic acids is 1. The Bertz CT molecular complexity index is 1520. The number of nitrogens with zero attached hydrogens (tertiary/aromatic N) is 3. The van der Waals surface area contributed by atoms with Crippen LogP contribution in [0, 0.1) is 5.82 Å². The summed E-state index contributed by atoms with van der Waals surface area (Å²) in [5, 5.41) is 14.5. The molecular weight excluding hydrogens is 621 g/mol. The first kappa shape index (κ1) is 31.6. The number of hydrogen-bond acceptors (Lipinski definition) is 9. The Morgan fingerprint density at radius 1 is 1.15 bits per heavy atom. The molecule has 0 atom stereocenters. The van der Waals surface area contributed by atoms with E-state index in [1.807, 2.05) is 11.9 Å². The molecule has 0 aliphatic rings. The van der Waals surface area contributed by atoms with E-state index in [0.29, 0.717) is 29.7 Å². The molecule has 0 radical (unpaired) electrons. The Hall–Kier alpha value is -3.92. The third-order valence-electron chi connectivity index (χ3n) is 5.61. The lowest BCUT2D eigenvalue weighted by atomic mass is 10.1. The Labute approximate surface area is 245 Å². The predicted octanol–water partition coefficient (Wildman–Crippen LogP) is 3.60. The van der Waals surface area contributed by atoms with Gasteiger partial charge in [-0.25, -0.2) is 27.3 Å². The normalized spacial score (nSPS) is 11.6. The summed E-state index contributed by atoms with van der Waals surface area (Å²) in [4.78, 5) is 32.7. The number of rotatable bonds is 15. The smallest absolute Gasteiger partial charge is 0.328 e. The summed E-state index contributed by atoms with van der Waals surface area (Å²) < 4.78 is 42.4. The number of unbranched alkanes of at least 4 members (excludes halogenated alkanes) is 1. The summed E-state index contributed by atoms with van der Waals surface area (Å²) in [6.45, 7) is 1.44. The number of aliphatic carboxylic acids is 1. The van der Waals surface area contributed by atoms with E-state index in [4.69, 9.17) is 10.8 Å². The second-order valence-corrected chi connectivity index (χ2v) is 11.4. The number of primary amides is 1. The van der Waals surface area contributed by atoms with Crippen LogP contribution in [0.3, 0.4) is 0 Å². The van der Waals surface area contributed by atoms with Crippen LogP contribution in [0.4, 0.5) is 27.5 Å². The van der Waals surface area contributed by atoms with Crippen molar-refractivity contribution in [2.24, 2.45) is 5.73 Å². The van der Waals surface area contributed by atoms with Crippen molar-refractivity contribution in [1.29, 1.82) is 0 Å². The highest BCUT2D eigenvalue weighted by molar-refractivity contribution is 9.10. The summed E-state index contributed by atoms with van der Waals surface area (Å²) in [7, 11) is -1.87.